The zero-order valence-corrected chi connectivity index (χ0v) is 15.9. The summed E-state index contributed by atoms with van der Waals surface area (Å²) in [4.78, 5) is 19.7. The van der Waals surface area contributed by atoms with Gasteiger partial charge in [-0.05, 0) is 44.4 Å². The molecule has 1 aliphatic heterocycles. The Balaban J connectivity index is 1.51. The van der Waals surface area contributed by atoms with Crippen LogP contribution in [0.4, 0.5) is 8.78 Å². The summed E-state index contributed by atoms with van der Waals surface area (Å²) in [5, 5.41) is 4.55. The van der Waals surface area contributed by atoms with E-state index in [4.69, 9.17) is 4.52 Å². The Labute approximate surface area is 166 Å². The van der Waals surface area contributed by atoms with Crippen molar-refractivity contribution in [2.75, 3.05) is 6.54 Å². The number of likely N-dealkylation sites (tertiary alicyclic amines) is 1. The summed E-state index contributed by atoms with van der Waals surface area (Å²) >= 11 is 0. The summed E-state index contributed by atoms with van der Waals surface area (Å²) < 4.78 is 33.2. The van der Waals surface area contributed by atoms with E-state index in [9.17, 15) is 13.6 Å². The molecule has 152 valence electrons. The minimum absolute atomic E-state index is 0.202. The molecule has 0 N–H and O–H groups in total. The highest BCUT2D eigenvalue weighted by molar-refractivity contribution is 5.77. The van der Waals surface area contributed by atoms with Crippen molar-refractivity contribution in [1.82, 2.24) is 19.6 Å². The molecule has 29 heavy (non-hydrogen) atoms. The van der Waals surface area contributed by atoms with E-state index in [1.807, 2.05) is 6.07 Å². The highest BCUT2D eigenvalue weighted by Crippen LogP contribution is 2.40. The first kappa shape index (κ1) is 18.4. The number of hydrogen-bond acceptors (Lipinski definition) is 5. The molecule has 2 aliphatic rings. The van der Waals surface area contributed by atoms with E-state index in [0.717, 1.165) is 48.2 Å². The molecule has 1 aromatic carbocycles. The largest absolute Gasteiger partial charge is 0.361 e. The molecular formula is C21H22F2N4O2. The molecule has 0 spiro atoms. The van der Waals surface area contributed by atoms with Gasteiger partial charge in [-0.1, -0.05) is 17.3 Å². The van der Waals surface area contributed by atoms with E-state index >= 15 is 0 Å². The fraction of sp³-hybridized carbons (Fsp3) is 0.476. The Kier molecular flexibility index (Phi) is 4.66. The third-order valence-corrected chi connectivity index (χ3v) is 5.80. The highest BCUT2D eigenvalue weighted by Gasteiger charge is 2.33. The van der Waals surface area contributed by atoms with Crippen molar-refractivity contribution in [3.8, 4) is 0 Å². The molecule has 1 saturated carbocycles. The first-order valence-corrected chi connectivity index (χ1v) is 10.1. The number of hydrogen-bond donors (Lipinski definition) is 0. The van der Waals surface area contributed by atoms with Crippen molar-refractivity contribution in [3.63, 3.8) is 0 Å². The van der Waals surface area contributed by atoms with Crippen LogP contribution < -0.4 is 5.56 Å². The van der Waals surface area contributed by atoms with Gasteiger partial charge in [-0.2, -0.15) is 0 Å². The first-order chi connectivity index (χ1) is 14.1. The lowest BCUT2D eigenvalue weighted by molar-refractivity contribution is 0.120. The van der Waals surface area contributed by atoms with Crippen molar-refractivity contribution in [3.05, 3.63) is 58.0 Å². The Morgan fingerprint density at radius 3 is 2.83 bits per heavy atom. The van der Waals surface area contributed by atoms with Gasteiger partial charge in [-0.25, -0.2) is 13.8 Å². The van der Waals surface area contributed by atoms with Crippen LogP contribution in [0.5, 0.6) is 0 Å². The molecule has 2 aromatic heterocycles. The summed E-state index contributed by atoms with van der Waals surface area (Å²) in [5.41, 5.74) is 0.972. The van der Waals surface area contributed by atoms with Crippen LogP contribution in [0.25, 0.3) is 10.9 Å². The van der Waals surface area contributed by atoms with Crippen LogP contribution in [0, 0.1) is 0 Å². The maximum absolute atomic E-state index is 13.3. The van der Waals surface area contributed by atoms with Crippen LogP contribution in [-0.4, -0.2) is 32.6 Å². The van der Waals surface area contributed by atoms with Crippen LogP contribution >= 0.6 is 0 Å². The minimum Gasteiger partial charge on any atom is -0.361 e. The van der Waals surface area contributed by atoms with Gasteiger partial charge in [0.05, 0.1) is 29.2 Å². The van der Waals surface area contributed by atoms with Gasteiger partial charge in [0.25, 0.3) is 12.0 Å². The van der Waals surface area contributed by atoms with E-state index in [2.05, 4.69) is 15.0 Å². The van der Waals surface area contributed by atoms with Crippen LogP contribution in [0.15, 0.2) is 39.6 Å². The van der Waals surface area contributed by atoms with Gasteiger partial charge < -0.3 is 4.52 Å². The van der Waals surface area contributed by atoms with Crippen LogP contribution in [0.2, 0.25) is 0 Å². The van der Waals surface area contributed by atoms with Crippen molar-refractivity contribution >= 4 is 10.9 Å². The lowest BCUT2D eigenvalue weighted by Crippen LogP contribution is -2.33. The molecule has 3 heterocycles. The third kappa shape index (κ3) is 3.57. The zero-order chi connectivity index (χ0) is 20.0. The van der Waals surface area contributed by atoms with Crippen molar-refractivity contribution in [1.29, 1.82) is 0 Å². The average molecular weight is 400 g/mol. The quantitative estimate of drug-likeness (QED) is 0.629. The number of halogens is 2. The lowest BCUT2D eigenvalue weighted by Gasteiger charge is -2.25. The topological polar surface area (TPSA) is 64.2 Å². The molecule has 0 radical (unpaired) electrons. The number of alkyl halides is 2. The predicted molar refractivity (Wildman–Crippen MR) is 103 cm³/mol. The highest BCUT2D eigenvalue weighted by atomic mass is 19.3. The smallest absolute Gasteiger partial charge is 0.261 e. The van der Waals surface area contributed by atoms with Gasteiger partial charge in [0.2, 0.25) is 0 Å². The summed E-state index contributed by atoms with van der Waals surface area (Å²) in [7, 11) is 0. The van der Waals surface area contributed by atoms with Crippen molar-refractivity contribution in [2.24, 2.45) is 0 Å². The van der Waals surface area contributed by atoms with Gasteiger partial charge >= 0.3 is 0 Å². The maximum atomic E-state index is 13.3. The Bertz CT molecular complexity index is 1090. The molecule has 3 aromatic rings. The van der Waals surface area contributed by atoms with Gasteiger partial charge in [0.15, 0.2) is 0 Å². The van der Waals surface area contributed by atoms with E-state index in [-0.39, 0.29) is 6.04 Å². The number of benzene rings is 1. The maximum Gasteiger partial charge on any atom is 0.261 e. The van der Waals surface area contributed by atoms with E-state index in [0.29, 0.717) is 29.2 Å². The number of nitrogens with zero attached hydrogens (tertiary/aromatic N) is 4. The second kappa shape index (κ2) is 7.33. The van der Waals surface area contributed by atoms with E-state index in [1.54, 1.807) is 24.3 Å². The van der Waals surface area contributed by atoms with E-state index in [1.165, 1.54) is 0 Å². The second-order valence-electron chi connectivity index (χ2n) is 7.92. The van der Waals surface area contributed by atoms with Gasteiger partial charge in [0.1, 0.15) is 11.6 Å². The summed E-state index contributed by atoms with van der Waals surface area (Å²) in [6.07, 6.45) is 1.33. The molecule has 8 heteroatoms. The third-order valence-electron chi connectivity index (χ3n) is 5.80. The standard InChI is InChI=1S/C21H22F2N4O2/c22-19(23)12-27-20(24-16-5-2-1-4-15(16)21(27)28)17-6-3-9-26(17)11-14-10-18(29-25-14)13-7-8-13/h1-2,4-5,10,13,17,19H,3,6-9,11-12H2. The normalized spacial score (nSPS) is 20.2. The first-order valence-electron chi connectivity index (χ1n) is 10.1. The van der Waals surface area contributed by atoms with Gasteiger partial charge in [0, 0.05) is 18.5 Å². The number of aromatic nitrogens is 3. The SMILES string of the molecule is O=c1c2ccccc2nc(C2CCCN2Cc2cc(C3CC3)on2)n1CC(F)F. The predicted octanol–water partition coefficient (Wildman–Crippen LogP) is 3.86. The molecule has 1 aliphatic carbocycles. The zero-order valence-electron chi connectivity index (χ0n) is 15.9. The molecule has 2 fully saturated rings. The minimum atomic E-state index is -2.62. The average Bonchev–Trinajstić information content (AvgIpc) is 3.28. The summed E-state index contributed by atoms with van der Waals surface area (Å²) in [6, 6.07) is 8.71. The van der Waals surface area contributed by atoms with Gasteiger partial charge in [-0.3, -0.25) is 14.3 Å². The Hall–Kier alpha value is -2.61. The van der Waals surface area contributed by atoms with Crippen LogP contribution in [-0.2, 0) is 13.1 Å². The number of fused-ring (bicyclic) bond motifs is 1. The Morgan fingerprint density at radius 1 is 1.21 bits per heavy atom. The van der Waals surface area contributed by atoms with Crippen molar-refractivity contribution < 1.29 is 13.3 Å². The lowest BCUT2D eigenvalue weighted by atomic mass is 10.1. The summed E-state index contributed by atoms with van der Waals surface area (Å²) in [5.74, 6) is 1.83. The molecule has 1 atom stereocenters. The molecule has 1 saturated heterocycles. The number of rotatable bonds is 6. The van der Waals surface area contributed by atoms with Crippen LogP contribution in [0.1, 0.15) is 54.9 Å². The second-order valence-corrected chi connectivity index (χ2v) is 7.92. The fourth-order valence-corrected chi connectivity index (χ4v) is 4.23. The van der Waals surface area contributed by atoms with Gasteiger partial charge in [-0.15, -0.1) is 0 Å². The molecular weight excluding hydrogens is 378 g/mol. The molecule has 0 bridgehead atoms. The van der Waals surface area contributed by atoms with Crippen LogP contribution in [0.3, 0.4) is 0 Å². The fourth-order valence-electron chi connectivity index (χ4n) is 4.23. The molecule has 1 unspecified atom stereocenters. The van der Waals surface area contributed by atoms with E-state index < -0.39 is 18.5 Å². The molecule has 6 nitrogen and oxygen atoms in total. The molecule has 0 amide bonds. The van der Waals surface area contributed by atoms with Crippen molar-refractivity contribution in [2.45, 2.75) is 57.2 Å². The number of para-hydroxylation sites is 1. The molecule has 5 rings (SSSR count). The monoisotopic (exact) mass is 400 g/mol. The Morgan fingerprint density at radius 2 is 2.03 bits per heavy atom. The summed E-state index contributed by atoms with van der Waals surface area (Å²) in [6.45, 7) is 0.706.